The molecule has 6 nitrogen and oxygen atoms in total. The molecule has 1 aromatic heterocycles. The summed E-state index contributed by atoms with van der Waals surface area (Å²) in [5, 5.41) is 23.2. The molecule has 2 N–H and O–H groups in total. The van der Waals surface area contributed by atoms with Crippen molar-refractivity contribution in [2.75, 3.05) is 5.32 Å². The Morgan fingerprint density at radius 2 is 1.88 bits per heavy atom. The normalized spacial score (nSPS) is 14.6. The highest BCUT2D eigenvalue weighted by molar-refractivity contribution is 5.92. The molecule has 6 heteroatoms. The summed E-state index contributed by atoms with van der Waals surface area (Å²) in [5.41, 5.74) is 1.49. The maximum atomic E-state index is 12.2. The van der Waals surface area contributed by atoms with E-state index in [4.69, 9.17) is 5.26 Å². The molecular formula is C18H19N5O. The molecule has 0 spiro atoms. The molecule has 122 valence electrons. The molecule has 1 saturated carbocycles. The summed E-state index contributed by atoms with van der Waals surface area (Å²) in [5.74, 6) is 0.310. The number of carbonyl (C=O) groups is 1. The Kier molecular flexibility index (Phi) is 5.02. The lowest BCUT2D eigenvalue weighted by atomic mass is 9.95. The van der Waals surface area contributed by atoms with Gasteiger partial charge in [-0.15, -0.1) is 10.2 Å². The van der Waals surface area contributed by atoms with Crippen molar-refractivity contribution in [2.24, 2.45) is 0 Å². The summed E-state index contributed by atoms with van der Waals surface area (Å²) in [6.07, 6.45) is 5.64. The van der Waals surface area contributed by atoms with Crippen LogP contribution in [0.15, 0.2) is 36.4 Å². The van der Waals surface area contributed by atoms with Gasteiger partial charge >= 0.3 is 0 Å². The van der Waals surface area contributed by atoms with Crippen molar-refractivity contribution in [3.05, 3.63) is 47.7 Å². The number of nitriles is 1. The number of nitrogens with one attached hydrogen (secondary N) is 2. The zero-order valence-corrected chi connectivity index (χ0v) is 13.3. The van der Waals surface area contributed by atoms with Gasteiger partial charge in [-0.1, -0.05) is 31.4 Å². The van der Waals surface area contributed by atoms with Crippen molar-refractivity contribution in [1.29, 1.82) is 5.26 Å². The lowest BCUT2D eigenvalue weighted by molar-refractivity contribution is 0.0921. The zero-order valence-electron chi connectivity index (χ0n) is 13.3. The number of rotatable bonds is 4. The first kappa shape index (κ1) is 15.9. The Labute approximate surface area is 140 Å². The first-order valence-corrected chi connectivity index (χ1v) is 8.17. The summed E-state index contributed by atoms with van der Waals surface area (Å²) < 4.78 is 0. The van der Waals surface area contributed by atoms with Gasteiger partial charge in [0.2, 0.25) is 0 Å². The van der Waals surface area contributed by atoms with Gasteiger partial charge in [0.1, 0.15) is 6.07 Å². The summed E-state index contributed by atoms with van der Waals surface area (Å²) in [6.45, 7) is 0. The van der Waals surface area contributed by atoms with Gasteiger partial charge < -0.3 is 10.6 Å². The SMILES string of the molecule is N#Cc1ccccc1Nc1ccc(C(=O)NC2CCCCC2)nn1. The van der Waals surface area contributed by atoms with Crippen LogP contribution in [0.2, 0.25) is 0 Å². The molecule has 1 heterocycles. The Morgan fingerprint density at radius 1 is 1.08 bits per heavy atom. The first-order chi connectivity index (χ1) is 11.8. The molecule has 1 aromatic carbocycles. The average molecular weight is 321 g/mol. The molecule has 3 rings (SSSR count). The highest BCUT2D eigenvalue weighted by Gasteiger charge is 2.17. The van der Waals surface area contributed by atoms with Gasteiger partial charge in [-0.05, 0) is 37.1 Å². The van der Waals surface area contributed by atoms with Gasteiger partial charge in [0.25, 0.3) is 5.91 Å². The second-order valence-electron chi connectivity index (χ2n) is 5.89. The molecule has 0 atom stereocenters. The third-order valence-electron chi connectivity index (χ3n) is 4.15. The second-order valence-corrected chi connectivity index (χ2v) is 5.89. The van der Waals surface area contributed by atoms with Crippen LogP contribution in [0.3, 0.4) is 0 Å². The minimum atomic E-state index is -0.182. The minimum absolute atomic E-state index is 0.182. The summed E-state index contributed by atoms with van der Waals surface area (Å²) in [6, 6.07) is 12.8. The molecule has 1 aliphatic carbocycles. The molecule has 1 aliphatic rings. The van der Waals surface area contributed by atoms with E-state index >= 15 is 0 Å². The van der Waals surface area contributed by atoms with Gasteiger partial charge in [0.15, 0.2) is 11.5 Å². The van der Waals surface area contributed by atoms with Crippen LogP contribution in [0.4, 0.5) is 11.5 Å². The Hall–Kier alpha value is -2.94. The molecule has 24 heavy (non-hydrogen) atoms. The third-order valence-corrected chi connectivity index (χ3v) is 4.15. The fourth-order valence-corrected chi connectivity index (χ4v) is 2.85. The number of aromatic nitrogens is 2. The quantitative estimate of drug-likeness (QED) is 0.902. The van der Waals surface area contributed by atoms with Crippen molar-refractivity contribution in [2.45, 2.75) is 38.1 Å². The van der Waals surface area contributed by atoms with Crippen LogP contribution in [0.25, 0.3) is 0 Å². The van der Waals surface area contributed by atoms with Gasteiger partial charge in [0.05, 0.1) is 11.3 Å². The largest absolute Gasteiger partial charge is 0.348 e. The molecule has 0 aliphatic heterocycles. The van der Waals surface area contributed by atoms with Crippen LogP contribution in [0.5, 0.6) is 0 Å². The number of carbonyl (C=O) groups excluding carboxylic acids is 1. The van der Waals surface area contributed by atoms with E-state index < -0.39 is 0 Å². The fourth-order valence-electron chi connectivity index (χ4n) is 2.85. The van der Waals surface area contributed by atoms with Crippen LogP contribution < -0.4 is 10.6 Å². The first-order valence-electron chi connectivity index (χ1n) is 8.17. The van der Waals surface area contributed by atoms with E-state index in [9.17, 15) is 4.79 Å². The Balaban J connectivity index is 1.64. The fraction of sp³-hybridized carbons (Fsp3) is 0.333. The lowest BCUT2D eigenvalue weighted by Gasteiger charge is -2.22. The predicted octanol–water partition coefficient (Wildman–Crippen LogP) is 3.15. The van der Waals surface area contributed by atoms with Crippen LogP contribution in [0.1, 0.15) is 48.2 Å². The topological polar surface area (TPSA) is 90.7 Å². The summed E-state index contributed by atoms with van der Waals surface area (Å²) >= 11 is 0. The molecule has 1 fully saturated rings. The van der Waals surface area contributed by atoms with Crippen LogP contribution >= 0.6 is 0 Å². The minimum Gasteiger partial charge on any atom is -0.348 e. The number of hydrogen-bond acceptors (Lipinski definition) is 5. The standard InChI is InChI=1S/C18H19N5O/c19-12-13-6-4-5-9-15(13)21-17-11-10-16(22-23-17)18(24)20-14-7-2-1-3-8-14/h4-6,9-11,14H,1-3,7-8H2,(H,20,24)(H,21,23). The van der Waals surface area contributed by atoms with E-state index in [2.05, 4.69) is 26.9 Å². The monoisotopic (exact) mass is 321 g/mol. The van der Waals surface area contributed by atoms with E-state index in [0.29, 0.717) is 22.8 Å². The van der Waals surface area contributed by atoms with Gasteiger partial charge in [-0.25, -0.2) is 0 Å². The average Bonchev–Trinajstić information content (AvgIpc) is 2.63. The van der Waals surface area contributed by atoms with Crippen LogP contribution in [-0.4, -0.2) is 22.1 Å². The maximum absolute atomic E-state index is 12.2. The summed E-state index contributed by atoms with van der Waals surface area (Å²) in [4.78, 5) is 12.2. The number of para-hydroxylation sites is 1. The highest BCUT2D eigenvalue weighted by atomic mass is 16.2. The van der Waals surface area contributed by atoms with E-state index in [1.807, 2.05) is 6.07 Å². The van der Waals surface area contributed by atoms with E-state index in [1.54, 1.807) is 30.3 Å². The van der Waals surface area contributed by atoms with Crippen molar-refractivity contribution in [3.63, 3.8) is 0 Å². The third kappa shape index (κ3) is 3.87. The molecule has 0 radical (unpaired) electrons. The Bertz CT molecular complexity index is 745. The molecule has 2 aromatic rings. The number of amides is 1. The van der Waals surface area contributed by atoms with Crippen LogP contribution in [0, 0.1) is 11.3 Å². The van der Waals surface area contributed by atoms with E-state index in [0.717, 1.165) is 25.7 Å². The van der Waals surface area contributed by atoms with Gasteiger partial charge in [0, 0.05) is 6.04 Å². The zero-order chi connectivity index (χ0) is 16.8. The van der Waals surface area contributed by atoms with E-state index in [-0.39, 0.29) is 11.9 Å². The number of benzene rings is 1. The molecule has 0 unspecified atom stereocenters. The van der Waals surface area contributed by atoms with Crippen molar-refractivity contribution in [3.8, 4) is 6.07 Å². The predicted molar refractivity (Wildman–Crippen MR) is 90.8 cm³/mol. The second kappa shape index (κ2) is 7.55. The molecule has 0 bridgehead atoms. The van der Waals surface area contributed by atoms with E-state index in [1.165, 1.54) is 6.42 Å². The van der Waals surface area contributed by atoms with Gasteiger partial charge in [-0.2, -0.15) is 5.26 Å². The van der Waals surface area contributed by atoms with Crippen LogP contribution in [-0.2, 0) is 0 Å². The number of nitrogens with zero attached hydrogens (tertiary/aromatic N) is 3. The smallest absolute Gasteiger partial charge is 0.272 e. The van der Waals surface area contributed by atoms with Crippen molar-refractivity contribution in [1.82, 2.24) is 15.5 Å². The Morgan fingerprint density at radius 3 is 2.58 bits per heavy atom. The van der Waals surface area contributed by atoms with Crippen molar-refractivity contribution >= 4 is 17.4 Å². The highest BCUT2D eigenvalue weighted by Crippen LogP contribution is 2.19. The van der Waals surface area contributed by atoms with Gasteiger partial charge in [-0.3, -0.25) is 4.79 Å². The summed E-state index contributed by atoms with van der Waals surface area (Å²) in [7, 11) is 0. The molecular weight excluding hydrogens is 302 g/mol. The van der Waals surface area contributed by atoms with Crippen molar-refractivity contribution < 1.29 is 4.79 Å². The molecule has 0 saturated heterocycles. The number of anilines is 2. The maximum Gasteiger partial charge on any atom is 0.272 e. The molecule has 1 amide bonds. The number of hydrogen-bond donors (Lipinski definition) is 2. The lowest BCUT2D eigenvalue weighted by Crippen LogP contribution is -2.36.